The highest BCUT2D eigenvalue weighted by atomic mass is 16.2. The smallest absolute Gasteiger partial charge is 0.271 e. The molecule has 2 aliphatic heterocycles. The van der Waals surface area contributed by atoms with Crippen molar-refractivity contribution in [3.63, 3.8) is 0 Å². The average molecular weight is 295 g/mol. The van der Waals surface area contributed by atoms with E-state index in [2.05, 4.69) is 21.3 Å². The molecule has 0 aromatic carbocycles. The third kappa shape index (κ3) is 2.24. The predicted molar refractivity (Wildman–Crippen MR) is 80.3 cm³/mol. The molecule has 112 valence electrons. The molecular weight excluding hydrogens is 278 g/mol. The lowest BCUT2D eigenvalue weighted by atomic mass is 9.97. The van der Waals surface area contributed by atoms with Gasteiger partial charge in [-0.25, -0.2) is 4.98 Å². The SMILES string of the molecule is N#Cc1ccc2cnc(C(=O)N[C@@H]3CC4CCN(C4)C3)cn12. The van der Waals surface area contributed by atoms with Gasteiger partial charge in [-0.15, -0.1) is 0 Å². The van der Waals surface area contributed by atoms with Crippen LogP contribution < -0.4 is 5.32 Å². The summed E-state index contributed by atoms with van der Waals surface area (Å²) in [7, 11) is 0. The lowest BCUT2D eigenvalue weighted by Crippen LogP contribution is -2.47. The Morgan fingerprint density at radius 3 is 3.14 bits per heavy atom. The molecule has 2 aromatic rings. The van der Waals surface area contributed by atoms with Crippen molar-refractivity contribution in [3.8, 4) is 6.07 Å². The van der Waals surface area contributed by atoms with E-state index in [1.54, 1.807) is 22.9 Å². The van der Waals surface area contributed by atoms with Crippen LogP contribution in [0.5, 0.6) is 0 Å². The molecule has 22 heavy (non-hydrogen) atoms. The van der Waals surface area contributed by atoms with Crippen LogP contribution in [0, 0.1) is 17.2 Å². The molecule has 6 nitrogen and oxygen atoms in total. The van der Waals surface area contributed by atoms with Gasteiger partial charge < -0.3 is 14.6 Å². The maximum atomic E-state index is 12.4. The van der Waals surface area contributed by atoms with Crippen molar-refractivity contribution in [3.05, 3.63) is 35.9 Å². The van der Waals surface area contributed by atoms with E-state index in [9.17, 15) is 4.79 Å². The van der Waals surface area contributed by atoms with Crippen LogP contribution >= 0.6 is 0 Å². The fraction of sp³-hybridized carbons (Fsp3) is 0.438. The summed E-state index contributed by atoms with van der Waals surface area (Å²) in [5.41, 5.74) is 1.68. The molecule has 2 aliphatic rings. The summed E-state index contributed by atoms with van der Waals surface area (Å²) in [6.07, 6.45) is 5.56. The summed E-state index contributed by atoms with van der Waals surface area (Å²) in [5.74, 6) is 0.552. The number of nitrogens with one attached hydrogen (secondary N) is 1. The van der Waals surface area contributed by atoms with Gasteiger partial charge >= 0.3 is 0 Å². The zero-order chi connectivity index (χ0) is 15.1. The molecule has 0 saturated carbocycles. The Bertz CT molecular complexity index is 762. The van der Waals surface area contributed by atoms with E-state index < -0.39 is 0 Å². The second kappa shape index (κ2) is 5.11. The summed E-state index contributed by atoms with van der Waals surface area (Å²) in [6.45, 7) is 3.25. The summed E-state index contributed by atoms with van der Waals surface area (Å²) >= 11 is 0. The minimum atomic E-state index is -0.160. The third-order valence-electron chi connectivity index (χ3n) is 4.69. The molecule has 1 N–H and O–H groups in total. The molecule has 4 heterocycles. The van der Waals surface area contributed by atoms with Crippen molar-refractivity contribution in [2.24, 2.45) is 5.92 Å². The first-order valence-corrected chi connectivity index (χ1v) is 7.63. The van der Waals surface area contributed by atoms with Crippen LogP contribution in [0.15, 0.2) is 24.5 Å². The Morgan fingerprint density at radius 1 is 1.41 bits per heavy atom. The minimum Gasteiger partial charge on any atom is -0.347 e. The Balaban J connectivity index is 1.54. The summed E-state index contributed by atoms with van der Waals surface area (Å²) < 4.78 is 1.70. The van der Waals surface area contributed by atoms with Gasteiger partial charge in [0, 0.05) is 25.3 Å². The first-order chi connectivity index (χ1) is 10.7. The van der Waals surface area contributed by atoms with Gasteiger partial charge in [0.2, 0.25) is 0 Å². The van der Waals surface area contributed by atoms with Crippen LogP contribution in [0.3, 0.4) is 0 Å². The van der Waals surface area contributed by atoms with Gasteiger partial charge in [0.1, 0.15) is 17.5 Å². The van der Waals surface area contributed by atoms with Crippen LogP contribution in [0.1, 0.15) is 29.0 Å². The van der Waals surface area contributed by atoms with Gasteiger partial charge in [-0.1, -0.05) is 0 Å². The van der Waals surface area contributed by atoms with Crippen LogP contribution in [-0.4, -0.2) is 45.9 Å². The van der Waals surface area contributed by atoms with Gasteiger partial charge in [-0.05, 0) is 37.4 Å². The van der Waals surface area contributed by atoms with Crippen molar-refractivity contribution < 1.29 is 4.79 Å². The second-order valence-corrected chi connectivity index (χ2v) is 6.22. The molecule has 3 atom stereocenters. The summed E-state index contributed by atoms with van der Waals surface area (Å²) in [6, 6.07) is 5.86. The Morgan fingerprint density at radius 2 is 2.32 bits per heavy atom. The number of fused-ring (bicyclic) bond motifs is 3. The lowest BCUT2D eigenvalue weighted by molar-refractivity contribution is 0.0904. The molecule has 1 amide bonds. The number of carbonyl (C=O) groups is 1. The third-order valence-corrected chi connectivity index (χ3v) is 4.69. The van der Waals surface area contributed by atoms with Crippen molar-refractivity contribution >= 4 is 11.4 Å². The molecule has 6 heteroatoms. The molecule has 2 aromatic heterocycles. The normalized spacial score (nSPS) is 26.8. The number of hydrogen-bond donors (Lipinski definition) is 1. The second-order valence-electron chi connectivity index (χ2n) is 6.22. The topological polar surface area (TPSA) is 73.4 Å². The lowest BCUT2D eigenvalue weighted by Gasteiger charge is -2.30. The number of rotatable bonds is 2. The van der Waals surface area contributed by atoms with E-state index in [0.717, 1.165) is 25.0 Å². The maximum Gasteiger partial charge on any atom is 0.271 e. The number of nitrogens with zero attached hydrogens (tertiary/aromatic N) is 4. The van der Waals surface area contributed by atoms with Crippen LogP contribution in [0.2, 0.25) is 0 Å². The quantitative estimate of drug-likeness (QED) is 0.898. The highest BCUT2D eigenvalue weighted by Crippen LogP contribution is 2.26. The first kappa shape index (κ1) is 13.3. The summed E-state index contributed by atoms with van der Waals surface area (Å²) in [5, 5.41) is 12.2. The van der Waals surface area contributed by atoms with Crippen LogP contribution in [-0.2, 0) is 0 Å². The molecule has 4 rings (SSSR count). The first-order valence-electron chi connectivity index (χ1n) is 7.63. The fourth-order valence-electron chi connectivity index (χ4n) is 3.64. The number of nitriles is 1. The van der Waals surface area contributed by atoms with Crippen molar-refractivity contribution in [1.29, 1.82) is 5.26 Å². The zero-order valence-electron chi connectivity index (χ0n) is 12.2. The molecule has 0 radical (unpaired) electrons. The molecule has 2 bridgehead atoms. The molecule has 2 unspecified atom stereocenters. The van der Waals surface area contributed by atoms with Crippen LogP contribution in [0.25, 0.3) is 5.52 Å². The number of aromatic nitrogens is 2. The monoisotopic (exact) mass is 295 g/mol. The van der Waals surface area contributed by atoms with E-state index >= 15 is 0 Å². The maximum absolute atomic E-state index is 12.4. The molecule has 2 saturated heterocycles. The molecule has 0 spiro atoms. The fourth-order valence-corrected chi connectivity index (χ4v) is 3.64. The largest absolute Gasteiger partial charge is 0.347 e. The van der Waals surface area contributed by atoms with Gasteiger partial charge in [0.05, 0.1) is 11.7 Å². The molecular formula is C16H17N5O. The van der Waals surface area contributed by atoms with Gasteiger partial charge in [0.15, 0.2) is 0 Å². The standard InChI is InChI=1S/C16H17N5O/c17-6-13-1-2-14-7-18-15(10-21(13)14)16(22)19-12-5-11-3-4-20(8-11)9-12/h1-2,7,10-12H,3-5,8-9H2,(H,19,22)/t11?,12-/m1/s1. The van der Waals surface area contributed by atoms with Crippen molar-refractivity contribution in [2.45, 2.75) is 18.9 Å². The van der Waals surface area contributed by atoms with E-state index in [4.69, 9.17) is 5.26 Å². The number of hydrogen-bond acceptors (Lipinski definition) is 4. The van der Waals surface area contributed by atoms with Crippen molar-refractivity contribution in [2.75, 3.05) is 19.6 Å². The zero-order valence-corrected chi connectivity index (χ0v) is 12.2. The summed E-state index contributed by atoms with van der Waals surface area (Å²) in [4.78, 5) is 19.1. The van der Waals surface area contributed by atoms with E-state index in [1.165, 1.54) is 13.0 Å². The predicted octanol–water partition coefficient (Wildman–Crippen LogP) is 1.03. The van der Waals surface area contributed by atoms with E-state index in [0.29, 0.717) is 17.3 Å². The van der Waals surface area contributed by atoms with Gasteiger partial charge in [0.25, 0.3) is 5.91 Å². The highest BCUT2D eigenvalue weighted by Gasteiger charge is 2.33. The van der Waals surface area contributed by atoms with E-state index in [1.807, 2.05) is 6.07 Å². The Hall–Kier alpha value is -2.39. The minimum absolute atomic E-state index is 0.160. The average Bonchev–Trinajstić information content (AvgIpc) is 3.09. The van der Waals surface area contributed by atoms with Crippen molar-refractivity contribution in [1.82, 2.24) is 19.6 Å². The van der Waals surface area contributed by atoms with Crippen LogP contribution in [0.4, 0.5) is 0 Å². The number of piperidine rings is 1. The number of carbonyl (C=O) groups excluding carboxylic acids is 1. The highest BCUT2D eigenvalue weighted by molar-refractivity contribution is 5.92. The van der Waals surface area contributed by atoms with E-state index in [-0.39, 0.29) is 11.9 Å². The molecule has 2 fully saturated rings. The molecule has 0 aliphatic carbocycles. The van der Waals surface area contributed by atoms with Gasteiger partial charge in [-0.3, -0.25) is 4.79 Å². The Kier molecular flexibility index (Phi) is 3.09. The van der Waals surface area contributed by atoms with Gasteiger partial charge in [-0.2, -0.15) is 5.26 Å². The number of amides is 1. The Labute approximate surface area is 128 Å².